The van der Waals surface area contributed by atoms with E-state index in [-0.39, 0.29) is 12.7 Å². The minimum atomic E-state index is -0.326. The van der Waals surface area contributed by atoms with Crippen LogP contribution >= 0.6 is 0 Å². The van der Waals surface area contributed by atoms with Gasteiger partial charge in [-0.05, 0) is 48.9 Å². The van der Waals surface area contributed by atoms with Gasteiger partial charge < -0.3 is 18.9 Å². The first-order valence-corrected chi connectivity index (χ1v) is 8.03. The Morgan fingerprint density at radius 3 is 2.65 bits per heavy atom. The smallest absolute Gasteiger partial charge is 0.271 e. The molecule has 0 unspecified atom stereocenters. The van der Waals surface area contributed by atoms with Crippen LogP contribution in [0.4, 0.5) is 0 Å². The molecule has 1 aliphatic rings. The zero-order chi connectivity index (χ0) is 18.5. The van der Waals surface area contributed by atoms with Crippen molar-refractivity contribution in [2.24, 2.45) is 5.10 Å². The maximum Gasteiger partial charge on any atom is 0.271 e. The van der Waals surface area contributed by atoms with Crippen LogP contribution in [0.1, 0.15) is 28.4 Å². The van der Waals surface area contributed by atoms with Crippen molar-refractivity contribution in [3.63, 3.8) is 0 Å². The van der Waals surface area contributed by atoms with Crippen LogP contribution < -0.4 is 19.6 Å². The first-order valence-electron chi connectivity index (χ1n) is 8.03. The molecule has 0 bridgehead atoms. The van der Waals surface area contributed by atoms with E-state index in [0.29, 0.717) is 29.4 Å². The first-order chi connectivity index (χ1) is 12.6. The van der Waals surface area contributed by atoms with Gasteiger partial charge in [0.15, 0.2) is 11.5 Å². The molecule has 0 aliphatic carbocycles. The summed E-state index contributed by atoms with van der Waals surface area (Å²) < 4.78 is 21.0. The number of hydrogen-bond acceptors (Lipinski definition) is 6. The largest absolute Gasteiger partial charge is 0.496 e. The van der Waals surface area contributed by atoms with Gasteiger partial charge in [0.2, 0.25) is 6.79 Å². The molecule has 0 fully saturated rings. The molecule has 1 N–H and O–H groups in total. The van der Waals surface area contributed by atoms with Gasteiger partial charge in [-0.2, -0.15) is 5.10 Å². The summed E-state index contributed by atoms with van der Waals surface area (Å²) in [5.74, 6) is 1.60. The summed E-state index contributed by atoms with van der Waals surface area (Å²) in [5, 5.41) is 4.18. The Hall–Kier alpha value is -3.06. The first kappa shape index (κ1) is 17.8. The summed E-state index contributed by atoms with van der Waals surface area (Å²) in [4.78, 5) is 12.3. The fourth-order valence-corrected chi connectivity index (χ4v) is 2.57. The molecule has 2 aromatic carbocycles. The number of benzene rings is 2. The highest BCUT2D eigenvalue weighted by Crippen LogP contribution is 2.32. The lowest BCUT2D eigenvalue weighted by Crippen LogP contribution is -2.19. The molecule has 1 heterocycles. The van der Waals surface area contributed by atoms with E-state index in [0.717, 1.165) is 16.9 Å². The molecule has 0 saturated heterocycles. The monoisotopic (exact) mass is 356 g/mol. The SMILES string of the molecule is COCc1cc(/C(C)=N\NC(=O)c2ccc3c(c2)OCO3)ccc1OC. The van der Waals surface area contributed by atoms with Crippen LogP contribution in [0.5, 0.6) is 17.2 Å². The minimum absolute atomic E-state index is 0.166. The van der Waals surface area contributed by atoms with Crippen LogP contribution in [0, 0.1) is 0 Å². The Bertz CT molecular complexity index is 848. The van der Waals surface area contributed by atoms with E-state index in [4.69, 9.17) is 18.9 Å². The molecule has 2 aromatic rings. The molecule has 26 heavy (non-hydrogen) atoms. The van der Waals surface area contributed by atoms with Crippen molar-refractivity contribution in [2.75, 3.05) is 21.0 Å². The van der Waals surface area contributed by atoms with E-state index in [1.807, 2.05) is 25.1 Å². The normalized spacial score (nSPS) is 12.8. The molecule has 0 aromatic heterocycles. The summed E-state index contributed by atoms with van der Waals surface area (Å²) in [6.45, 7) is 2.41. The summed E-state index contributed by atoms with van der Waals surface area (Å²) in [6, 6.07) is 10.7. The van der Waals surface area contributed by atoms with Gasteiger partial charge in [0, 0.05) is 18.2 Å². The van der Waals surface area contributed by atoms with Gasteiger partial charge in [-0.15, -0.1) is 0 Å². The third-order valence-electron chi connectivity index (χ3n) is 3.96. The van der Waals surface area contributed by atoms with Crippen molar-refractivity contribution in [1.82, 2.24) is 5.43 Å². The Balaban J connectivity index is 1.73. The molecule has 1 aliphatic heterocycles. The Kier molecular flexibility index (Phi) is 5.38. The molecule has 136 valence electrons. The second kappa shape index (κ2) is 7.88. The number of carbonyl (C=O) groups excluding carboxylic acids is 1. The Morgan fingerprint density at radius 1 is 1.12 bits per heavy atom. The zero-order valence-electron chi connectivity index (χ0n) is 14.9. The number of hydrazone groups is 1. The lowest BCUT2D eigenvalue weighted by molar-refractivity contribution is 0.0954. The average Bonchev–Trinajstić information content (AvgIpc) is 3.13. The summed E-state index contributed by atoms with van der Waals surface area (Å²) in [5.41, 5.74) is 5.44. The van der Waals surface area contributed by atoms with Crippen molar-refractivity contribution in [1.29, 1.82) is 0 Å². The van der Waals surface area contributed by atoms with Gasteiger partial charge in [-0.3, -0.25) is 4.79 Å². The van der Waals surface area contributed by atoms with Crippen molar-refractivity contribution < 1.29 is 23.7 Å². The molecule has 7 nitrogen and oxygen atoms in total. The highest BCUT2D eigenvalue weighted by atomic mass is 16.7. The second-order valence-electron chi connectivity index (χ2n) is 5.67. The second-order valence-corrected chi connectivity index (χ2v) is 5.67. The van der Waals surface area contributed by atoms with Crippen molar-refractivity contribution in [3.8, 4) is 17.2 Å². The maximum atomic E-state index is 12.3. The lowest BCUT2D eigenvalue weighted by Gasteiger charge is -2.10. The number of nitrogens with one attached hydrogen (secondary N) is 1. The van der Waals surface area contributed by atoms with Gasteiger partial charge in [-0.1, -0.05) is 0 Å². The fourth-order valence-electron chi connectivity index (χ4n) is 2.57. The predicted molar refractivity (Wildman–Crippen MR) is 95.9 cm³/mol. The predicted octanol–water partition coefficient (Wildman–Crippen LogP) is 2.72. The lowest BCUT2D eigenvalue weighted by atomic mass is 10.1. The van der Waals surface area contributed by atoms with Gasteiger partial charge >= 0.3 is 0 Å². The molecule has 3 rings (SSSR count). The van der Waals surface area contributed by atoms with Gasteiger partial charge in [-0.25, -0.2) is 5.43 Å². The number of fused-ring (bicyclic) bond motifs is 1. The Morgan fingerprint density at radius 2 is 1.88 bits per heavy atom. The molecule has 0 spiro atoms. The molecular formula is C19H20N2O5. The summed E-state index contributed by atoms with van der Waals surface area (Å²) in [6.07, 6.45) is 0. The van der Waals surface area contributed by atoms with E-state index in [1.165, 1.54) is 0 Å². The highest BCUT2D eigenvalue weighted by Gasteiger charge is 2.16. The number of ether oxygens (including phenoxy) is 4. The van der Waals surface area contributed by atoms with Crippen molar-refractivity contribution in [3.05, 3.63) is 53.1 Å². The number of nitrogens with zero attached hydrogens (tertiary/aromatic N) is 1. The van der Waals surface area contributed by atoms with Crippen LogP contribution in [-0.2, 0) is 11.3 Å². The zero-order valence-corrected chi connectivity index (χ0v) is 14.9. The van der Waals surface area contributed by atoms with Crippen LogP contribution in [0.25, 0.3) is 0 Å². The number of hydrogen-bond donors (Lipinski definition) is 1. The molecule has 1 amide bonds. The summed E-state index contributed by atoms with van der Waals surface area (Å²) in [7, 11) is 3.24. The quantitative estimate of drug-likeness (QED) is 0.636. The number of methoxy groups -OCH3 is 2. The van der Waals surface area contributed by atoms with Gasteiger partial charge in [0.05, 0.1) is 19.4 Å². The molecule has 0 atom stereocenters. The third kappa shape index (κ3) is 3.78. The van der Waals surface area contributed by atoms with Crippen molar-refractivity contribution >= 4 is 11.6 Å². The van der Waals surface area contributed by atoms with Crippen LogP contribution in [0.15, 0.2) is 41.5 Å². The minimum Gasteiger partial charge on any atom is -0.496 e. The summed E-state index contributed by atoms with van der Waals surface area (Å²) >= 11 is 0. The van der Waals surface area contributed by atoms with Crippen molar-refractivity contribution in [2.45, 2.75) is 13.5 Å². The van der Waals surface area contributed by atoms with Gasteiger partial charge in [0.1, 0.15) is 5.75 Å². The molecule has 0 radical (unpaired) electrons. The van der Waals surface area contributed by atoms with E-state index < -0.39 is 0 Å². The highest BCUT2D eigenvalue weighted by molar-refractivity contribution is 6.01. The number of amides is 1. The van der Waals surface area contributed by atoms with E-state index in [2.05, 4.69) is 10.5 Å². The number of rotatable bonds is 6. The Labute approximate surface area is 151 Å². The average molecular weight is 356 g/mol. The fraction of sp³-hybridized carbons (Fsp3) is 0.263. The van der Waals surface area contributed by atoms with Crippen LogP contribution in [0.2, 0.25) is 0 Å². The maximum absolute atomic E-state index is 12.3. The van der Waals surface area contributed by atoms with E-state index in [9.17, 15) is 4.79 Å². The standard InChI is InChI=1S/C19H20N2O5/c1-12(13-4-6-16(24-3)15(8-13)10-23-2)20-21-19(22)14-5-7-17-18(9-14)26-11-25-17/h4-9H,10-11H2,1-3H3,(H,21,22)/b20-12-. The van der Waals surface area contributed by atoms with Crippen LogP contribution in [-0.4, -0.2) is 32.6 Å². The topological polar surface area (TPSA) is 78.4 Å². The third-order valence-corrected chi connectivity index (χ3v) is 3.96. The molecule has 7 heteroatoms. The van der Waals surface area contributed by atoms with Gasteiger partial charge in [0.25, 0.3) is 5.91 Å². The van der Waals surface area contributed by atoms with E-state index in [1.54, 1.807) is 32.4 Å². The van der Waals surface area contributed by atoms with E-state index >= 15 is 0 Å². The molecule has 0 saturated carbocycles. The molecular weight excluding hydrogens is 336 g/mol. The van der Waals surface area contributed by atoms with Crippen LogP contribution in [0.3, 0.4) is 0 Å². The number of carbonyl (C=O) groups is 1.